The summed E-state index contributed by atoms with van der Waals surface area (Å²) in [4.78, 5) is -0.178. The van der Waals surface area contributed by atoms with Crippen molar-refractivity contribution in [3.05, 3.63) is 29.8 Å². The number of halogens is 1. The Bertz CT molecular complexity index is 609. The summed E-state index contributed by atoms with van der Waals surface area (Å²) in [5, 5.41) is 0. The van der Waals surface area contributed by atoms with Gasteiger partial charge < -0.3 is 9.04 Å². The molecule has 0 spiro atoms. The second-order valence-electron chi connectivity index (χ2n) is 5.47. The summed E-state index contributed by atoms with van der Waals surface area (Å²) < 4.78 is 35.3. The summed E-state index contributed by atoms with van der Waals surface area (Å²) in [5.41, 5.74) is 0.928. The number of benzene rings is 1. The van der Waals surface area contributed by atoms with E-state index in [4.69, 9.17) is 0 Å². The van der Waals surface area contributed by atoms with Gasteiger partial charge in [0.25, 0.3) is 0 Å². The van der Waals surface area contributed by atoms with Gasteiger partial charge in [-0.25, -0.2) is 8.42 Å². The van der Waals surface area contributed by atoms with Crippen molar-refractivity contribution in [3.8, 4) is 9.85 Å². The van der Waals surface area contributed by atoms with Crippen LogP contribution < -0.4 is 0 Å². The molecule has 1 aromatic carbocycles. The zero-order valence-corrected chi connectivity index (χ0v) is 15.3. The lowest BCUT2D eigenvalue weighted by Gasteiger charge is -2.26. The molecule has 6 heteroatoms. The van der Waals surface area contributed by atoms with Crippen molar-refractivity contribution in [2.24, 2.45) is 0 Å². The quantitative estimate of drug-likeness (QED) is 0.319. The van der Waals surface area contributed by atoms with E-state index >= 15 is 0 Å². The minimum Gasteiger partial charge on any atom is -0.744 e. The topological polar surface area (TPSA) is 57.2 Å². The largest absolute Gasteiger partial charge is 0.744 e. The number of nitrogens with zero attached hydrogens (tertiary/aromatic N) is 1. The predicted molar refractivity (Wildman–Crippen MR) is 91.0 cm³/mol. The standard InChI is InChI=1S/C8H13IN.C7H8O3S/c1-10(8-4-5-9)6-2-3-7-10;1-6-2-4-7(5-3-6)11(8,9)10/h2-3,6-8H2,1H3;2-5H,1H3,(H,8,9,10)/q+1;/p-1. The first-order valence-electron chi connectivity index (χ1n) is 6.71. The molecule has 2 rings (SSSR count). The van der Waals surface area contributed by atoms with Crippen LogP contribution in [-0.2, 0) is 10.1 Å². The summed E-state index contributed by atoms with van der Waals surface area (Å²) >= 11 is 2.11. The Morgan fingerprint density at radius 1 is 1.24 bits per heavy atom. The second kappa shape index (κ2) is 8.13. The fourth-order valence-electron chi connectivity index (χ4n) is 2.18. The average Bonchev–Trinajstić information content (AvgIpc) is 2.84. The van der Waals surface area contributed by atoms with Crippen molar-refractivity contribution in [2.45, 2.75) is 24.7 Å². The van der Waals surface area contributed by atoms with Crippen molar-refractivity contribution >= 4 is 32.7 Å². The minimum atomic E-state index is -4.27. The van der Waals surface area contributed by atoms with Crippen LogP contribution in [0.25, 0.3) is 0 Å². The molecule has 0 amide bonds. The highest BCUT2D eigenvalue weighted by Gasteiger charge is 2.24. The summed E-state index contributed by atoms with van der Waals surface area (Å²) in [6.07, 6.45) is 2.78. The second-order valence-corrected chi connectivity index (χ2v) is 7.39. The third-order valence-corrected chi connectivity index (χ3v) is 4.71. The van der Waals surface area contributed by atoms with Crippen LogP contribution in [0.4, 0.5) is 0 Å². The molecule has 116 valence electrons. The first kappa shape index (κ1) is 18.4. The van der Waals surface area contributed by atoms with E-state index in [9.17, 15) is 13.0 Å². The smallest absolute Gasteiger partial charge is 0.141 e. The lowest BCUT2D eigenvalue weighted by Crippen LogP contribution is -2.40. The van der Waals surface area contributed by atoms with Gasteiger partial charge in [0.15, 0.2) is 0 Å². The van der Waals surface area contributed by atoms with E-state index < -0.39 is 10.1 Å². The van der Waals surface area contributed by atoms with E-state index in [0.717, 1.165) is 12.1 Å². The molecule has 0 N–H and O–H groups in total. The molecule has 0 radical (unpaired) electrons. The highest BCUT2D eigenvalue weighted by atomic mass is 127. The number of hydrogen-bond donors (Lipinski definition) is 0. The fraction of sp³-hybridized carbons (Fsp3) is 0.467. The molecule has 4 nitrogen and oxygen atoms in total. The minimum absolute atomic E-state index is 0.178. The Morgan fingerprint density at radius 3 is 2.19 bits per heavy atom. The van der Waals surface area contributed by atoms with Crippen LogP contribution in [0.3, 0.4) is 0 Å². The van der Waals surface area contributed by atoms with Crippen molar-refractivity contribution in [1.29, 1.82) is 0 Å². The SMILES string of the molecule is C[N+]1(CC#CI)CCCC1.Cc1ccc(S(=O)(=O)[O-])cc1. The summed E-state index contributed by atoms with van der Waals surface area (Å²) in [5.74, 6) is 3.14. The molecule has 1 heterocycles. The van der Waals surface area contributed by atoms with Crippen molar-refractivity contribution in [3.63, 3.8) is 0 Å². The van der Waals surface area contributed by atoms with Crippen LogP contribution in [-0.4, -0.2) is 44.1 Å². The molecule has 0 atom stereocenters. The molecule has 1 aliphatic rings. The van der Waals surface area contributed by atoms with Gasteiger partial charge in [0.1, 0.15) is 16.7 Å². The summed E-state index contributed by atoms with van der Waals surface area (Å²) in [6, 6.07) is 5.78. The van der Waals surface area contributed by atoms with Gasteiger partial charge in [-0.15, -0.1) is 0 Å². The van der Waals surface area contributed by atoms with Crippen LogP contribution >= 0.6 is 22.6 Å². The molecule has 0 bridgehead atoms. The zero-order valence-electron chi connectivity index (χ0n) is 12.3. The van der Waals surface area contributed by atoms with Gasteiger partial charge in [0, 0.05) is 35.4 Å². The van der Waals surface area contributed by atoms with Crippen LogP contribution in [0.2, 0.25) is 0 Å². The fourth-order valence-corrected chi connectivity index (χ4v) is 2.82. The maximum atomic E-state index is 10.4. The van der Waals surface area contributed by atoms with E-state index in [1.54, 1.807) is 12.1 Å². The Morgan fingerprint density at radius 2 is 1.76 bits per heavy atom. The van der Waals surface area contributed by atoms with Gasteiger partial charge in [0.2, 0.25) is 0 Å². The molecule has 0 unspecified atom stereocenters. The molecule has 1 aromatic rings. The normalized spacial score (nSPS) is 16.4. The average molecular weight is 421 g/mol. The first-order valence-corrected chi connectivity index (χ1v) is 9.20. The Labute approximate surface area is 141 Å². The van der Waals surface area contributed by atoms with Crippen LogP contribution in [0.1, 0.15) is 18.4 Å². The molecule has 0 aromatic heterocycles. The van der Waals surface area contributed by atoms with E-state index in [0.29, 0.717) is 0 Å². The maximum Gasteiger partial charge on any atom is 0.141 e. The molecular weight excluding hydrogens is 401 g/mol. The van der Waals surface area contributed by atoms with E-state index in [2.05, 4.69) is 39.5 Å². The zero-order chi connectivity index (χ0) is 15.9. The monoisotopic (exact) mass is 421 g/mol. The molecule has 21 heavy (non-hydrogen) atoms. The van der Waals surface area contributed by atoms with E-state index in [-0.39, 0.29) is 4.90 Å². The van der Waals surface area contributed by atoms with Gasteiger partial charge in [-0.1, -0.05) is 17.7 Å². The van der Waals surface area contributed by atoms with Crippen LogP contribution in [0.15, 0.2) is 29.2 Å². The van der Waals surface area contributed by atoms with E-state index in [1.807, 2.05) is 6.92 Å². The molecule has 1 fully saturated rings. The van der Waals surface area contributed by atoms with Gasteiger partial charge in [-0.05, 0) is 28.9 Å². The molecule has 1 aliphatic heterocycles. The lowest BCUT2D eigenvalue weighted by atomic mass is 10.2. The van der Waals surface area contributed by atoms with Gasteiger partial charge in [0.05, 0.1) is 25.0 Å². The maximum absolute atomic E-state index is 10.4. The first-order chi connectivity index (χ1) is 9.77. The molecular formula is C15H20INO3S. The summed E-state index contributed by atoms with van der Waals surface area (Å²) in [7, 11) is -1.97. The van der Waals surface area contributed by atoms with Crippen molar-refractivity contribution in [1.82, 2.24) is 0 Å². The Kier molecular flexibility index (Phi) is 7.13. The lowest BCUT2D eigenvalue weighted by molar-refractivity contribution is -0.890. The molecule has 0 aliphatic carbocycles. The van der Waals surface area contributed by atoms with Gasteiger partial charge in [-0.2, -0.15) is 0 Å². The van der Waals surface area contributed by atoms with Crippen molar-refractivity contribution in [2.75, 3.05) is 26.7 Å². The highest BCUT2D eigenvalue weighted by molar-refractivity contribution is 14.1. The number of likely N-dealkylation sites (tertiary alicyclic amines) is 1. The number of quaternary nitrogens is 1. The number of rotatable bonds is 2. The van der Waals surface area contributed by atoms with Gasteiger partial charge >= 0.3 is 0 Å². The molecule has 0 saturated carbocycles. The molecule has 1 saturated heterocycles. The Balaban J connectivity index is 0.000000211. The summed E-state index contributed by atoms with van der Waals surface area (Å²) in [6.45, 7) is 5.51. The van der Waals surface area contributed by atoms with Crippen LogP contribution in [0, 0.1) is 16.8 Å². The van der Waals surface area contributed by atoms with Gasteiger partial charge in [-0.3, -0.25) is 0 Å². The predicted octanol–water partition coefficient (Wildman–Crippen LogP) is 2.52. The number of hydrogen-bond acceptors (Lipinski definition) is 3. The number of aryl methyl sites for hydroxylation is 1. The third kappa shape index (κ3) is 6.78. The van der Waals surface area contributed by atoms with Crippen molar-refractivity contribution < 1.29 is 17.5 Å². The van der Waals surface area contributed by atoms with Crippen LogP contribution in [0.5, 0.6) is 0 Å². The Hall–Kier alpha value is -0.620. The van der Waals surface area contributed by atoms with E-state index in [1.165, 1.54) is 42.5 Å². The third-order valence-electron chi connectivity index (χ3n) is 3.48. The highest BCUT2D eigenvalue weighted by Crippen LogP contribution is 2.14.